The zero-order chi connectivity index (χ0) is 16.1. The van der Waals surface area contributed by atoms with Crippen molar-refractivity contribution < 1.29 is 9.13 Å². The fourth-order valence-corrected chi connectivity index (χ4v) is 2.90. The highest BCUT2D eigenvalue weighted by Gasteiger charge is 2.12. The lowest BCUT2D eigenvalue weighted by molar-refractivity contribution is 0.325. The molecule has 0 aliphatic rings. The lowest BCUT2D eigenvalue weighted by Crippen LogP contribution is -2.04. The van der Waals surface area contributed by atoms with Gasteiger partial charge in [0.15, 0.2) is 11.6 Å². The van der Waals surface area contributed by atoms with Crippen molar-refractivity contribution in [1.82, 2.24) is 4.98 Å². The molecule has 0 atom stereocenters. The second-order valence-electron chi connectivity index (χ2n) is 4.87. The molecule has 0 saturated heterocycles. The second-order valence-corrected chi connectivity index (χ2v) is 5.95. The number of aromatic nitrogens is 1. The summed E-state index contributed by atoms with van der Waals surface area (Å²) in [5.41, 5.74) is 3.55. The van der Waals surface area contributed by atoms with Crippen LogP contribution in [0, 0.1) is 37.9 Å². The predicted molar refractivity (Wildman–Crippen MR) is 85.8 cm³/mol. The van der Waals surface area contributed by atoms with Gasteiger partial charge in [-0.3, -0.25) is 0 Å². The number of nitrogens with zero attached hydrogens (tertiary/aromatic N) is 2. The Bertz CT molecular complexity index is 725. The molecular formula is C17H17FN2OS. The number of nitriles is 1. The molecule has 5 heteroatoms. The maximum absolute atomic E-state index is 13.4. The average molecular weight is 316 g/mol. The molecule has 0 saturated carbocycles. The van der Waals surface area contributed by atoms with Crippen molar-refractivity contribution in [2.75, 3.05) is 12.4 Å². The average Bonchev–Trinajstić information content (AvgIpc) is 2.51. The van der Waals surface area contributed by atoms with Crippen LogP contribution >= 0.6 is 11.8 Å². The number of benzene rings is 1. The molecule has 114 valence electrons. The summed E-state index contributed by atoms with van der Waals surface area (Å²) in [4.78, 5) is 4.48. The van der Waals surface area contributed by atoms with E-state index in [4.69, 9.17) is 4.74 Å². The van der Waals surface area contributed by atoms with Crippen molar-refractivity contribution in [2.24, 2.45) is 0 Å². The van der Waals surface area contributed by atoms with Gasteiger partial charge in [0.2, 0.25) is 0 Å². The highest BCUT2D eigenvalue weighted by atomic mass is 32.2. The molecule has 0 radical (unpaired) electrons. The lowest BCUT2D eigenvalue weighted by Gasteiger charge is -2.11. The van der Waals surface area contributed by atoms with E-state index in [0.717, 1.165) is 16.8 Å². The molecule has 0 amide bonds. The Kier molecular flexibility index (Phi) is 5.40. The Morgan fingerprint density at radius 1 is 1.23 bits per heavy atom. The Balaban J connectivity index is 2.01. The van der Waals surface area contributed by atoms with Crippen LogP contribution in [0.3, 0.4) is 0 Å². The molecule has 0 spiro atoms. The monoisotopic (exact) mass is 316 g/mol. The van der Waals surface area contributed by atoms with Crippen LogP contribution < -0.4 is 4.74 Å². The topological polar surface area (TPSA) is 45.9 Å². The van der Waals surface area contributed by atoms with Gasteiger partial charge in [0.25, 0.3) is 0 Å². The van der Waals surface area contributed by atoms with Crippen LogP contribution in [0.5, 0.6) is 5.75 Å². The number of hydrogen-bond donors (Lipinski definition) is 0. The van der Waals surface area contributed by atoms with Crippen LogP contribution in [0.2, 0.25) is 0 Å². The van der Waals surface area contributed by atoms with Gasteiger partial charge in [-0.05, 0) is 44.0 Å². The van der Waals surface area contributed by atoms with E-state index in [0.29, 0.717) is 22.9 Å². The molecular weight excluding hydrogens is 299 g/mol. The largest absolute Gasteiger partial charge is 0.490 e. The summed E-state index contributed by atoms with van der Waals surface area (Å²) in [7, 11) is 0. The molecule has 0 aliphatic heterocycles. The second kappa shape index (κ2) is 7.28. The maximum Gasteiger partial charge on any atom is 0.165 e. The van der Waals surface area contributed by atoms with Gasteiger partial charge in [0.1, 0.15) is 11.1 Å². The molecule has 0 unspecified atom stereocenters. The number of para-hydroxylation sites is 1. The van der Waals surface area contributed by atoms with Crippen LogP contribution in [-0.2, 0) is 0 Å². The Labute approximate surface area is 134 Å². The Morgan fingerprint density at radius 3 is 2.64 bits per heavy atom. The zero-order valence-corrected chi connectivity index (χ0v) is 13.6. The Hall–Kier alpha value is -2.06. The first-order chi connectivity index (χ1) is 10.5. The van der Waals surface area contributed by atoms with Crippen molar-refractivity contribution in [3.8, 4) is 11.8 Å². The van der Waals surface area contributed by atoms with E-state index in [1.165, 1.54) is 17.8 Å². The normalized spacial score (nSPS) is 10.3. The van der Waals surface area contributed by atoms with Gasteiger partial charge in [0.05, 0.1) is 12.2 Å². The molecule has 0 bridgehead atoms. The van der Waals surface area contributed by atoms with Crippen molar-refractivity contribution in [2.45, 2.75) is 25.8 Å². The minimum Gasteiger partial charge on any atom is -0.490 e. The minimum atomic E-state index is -0.370. The first-order valence-electron chi connectivity index (χ1n) is 6.92. The zero-order valence-electron chi connectivity index (χ0n) is 12.8. The summed E-state index contributed by atoms with van der Waals surface area (Å²) in [6.07, 6.45) is 0. The molecule has 0 aliphatic carbocycles. The molecule has 0 fully saturated rings. The summed E-state index contributed by atoms with van der Waals surface area (Å²) in [5, 5.41) is 10.0. The smallest absolute Gasteiger partial charge is 0.165 e. The van der Waals surface area contributed by atoms with Crippen LogP contribution in [0.4, 0.5) is 4.39 Å². The quantitative estimate of drug-likeness (QED) is 0.613. The third-order valence-electron chi connectivity index (χ3n) is 3.49. The van der Waals surface area contributed by atoms with E-state index in [1.54, 1.807) is 18.2 Å². The molecule has 0 N–H and O–H groups in total. The standard InChI is InChI=1S/C17H17FN2OS/c1-11-12(2)14(10-19)17(20-13(11)3)22-9-8-21-16-7-5-4-6-15(16)18/h4-7H,8-9H2,1-3H3. The predicted octanol–water partition coefficient (Wildman–Crippen LogP) is 4.19. The van der Waals surface area contributed by atoms with Crippen molar-refractivity contribution in [1.29, 1.82) is 5.26 Å². The van der Waals surface area contributed by atoms with Gasteiger partial charge in [-0.15, -0.1) is 11.8 Å². The van der Waals surface area contributed by atoms with Gasteiger partial charge in [-0.1, -0.05) is 12.1 Å². The molecule has 3 nitrogen and oxygen atoms in total. The van der Waals surface area contributed by atoms with Crippen molar-refractivity contribution in [3.05, 3.63) is 52.5 Å². The van der Waals surface area contributed by atoms with E-state index in [-0.39, 0.29) is 11.6 Å². The van der Waals surface area contributed by atoms with E-state index in [9.17, 15) is 9.65 Å². The summed E-state index contributed by atoms with van der Waals surface area (Å²) in [6.45, 7) is 6.18. The first kappa shape index (κ1) is 16.3. The van der Waals surface area contributed by atoms with Gasteiger partial charge in [0, 0.05) is 11.4 Å². The van der Waals surface area contributed by atoms with Crippen molar-refractivity contribution >= 4 is 11.8 Å². The number of ether oxygens (including phenoxy) is 1. The maximum atomic E-state index is 13.4. The fourth-order valence-electron chi connectivity index (χ4n) is 2.00. The SMILES string of the molecule is Cc1nc(SCCOc2ccccc2F)c(C#N)c(C)c1C. The van der Waals surface area contributed by atoms with Crippen LogP contribution in [0.25, 0.3) is 0 Å². The first-order valence-corrected chi connectivity index (χ1v) is 7.91. The summed E-state index contributed by atoms with van der Waals surface area (Å²) in [6, 6.07) is 8.53. The molecule has 2 aromatic rings. The van der Waals surface area contributed by atoms with Gasteiger partial charge in [-0.25, -0.2) is 9.37 Å². The molecule has 1 aromatic carbocycles. The lowest BCUT2D eigenvalue weighted by atomic mass is 10.1. The molecule has 22 heavy (non-hydrogen) atoms. The van der Waals surface area contributed by atoms with Crippen molar-refractivity contribution in [3.63, 3.8) is 0 Å². The number of halogens is 1. The van der Waals surface area contributed by atoms with E-state index < -0.39 is 0 Å². The number of rotatable bonds is 5. The fraction of sp³-hybridized carbons (Fsp3) is 0.294. The summed E-state index contributed by atoms with van der Waals surface area (Å²) in [5.74, 6) is 0.469. The van der Waals surface area contributed by atoms with Gasteiger partial charge >= 0.3 is 0 Å². The minimum absolute atomic E-state index is 0.243. The molecule has 2 rings (SSSR count). The number of hydrogen-bond acceptors (Lipinski definition) is 4. The number of thioether (sulfide) groups is 1. The van der Waals surface area contributed by atoms with Crippen LogP contribution in [0.1, 0.15) is 22.4 Å². The highest BCUT2D eigenvalue weighted by molar-refractivity contribution is 7.99. The van der Waals surface area contributed by atoms with Gasteiger partial charge in [-0.2, -0.15) is 5.26 Å². The van der Waals surface area contributed by atoms with Crippen LogP contribution in [0.15, 0.2) is 29.3 Å². The van der Waals surface area contributed by atoms with Gasteiger partial charge < -0.3 is 4.74 Å². The highest BCUT2D eigenvalue weighted by Crippen LogP contribution is 2.26. The number of pyridine rings is 1. The van der Waals surface area contributed by atoms with E-state index in [2.05, 4.69) is 11.1 Å². The molecule has 1 heterocycles. The molecule has 1 aromatic heterocycles. The van der Waals surface area contributed by atoms with Crippen LogP contribution in [-0.4, -0.2) is 17.3 Å². The van der Waals surface area contributed by atoms with E-state index >= 15 is 0 Å². The summed E-state index contributed by atoms with van der Waals surface area (Å²) < 4.78 is 18.8. The third-order valence-corrected chi connectivity index (χ3v) is 4.43. The summed E-state index contributed by atoms with van der Waals surface area (Å²) >= 11 is 1.45. The third kappa shape index (κ3) is 3.58. The number of aryl methyl sites for hydroxylation is 1. The Morgan fingerprint density at radius 2 is 1.95 bits per heavy atom. The van der Waals surface area contributed by atoms with E-state index in [1.807, 2.05) is 20.8 Å².